The summed E-state index contributed by atoms with van der Waals surface area (Å²) < 4.78 is 6.71. The molecule has 92 valence electrons. The highest BCUT2D eigenvalue weighted by molar-refractivity contribution is 9.10. The van der Waals surface area contributed by atoms with Gasteiger partial charge in [0.25, 0.3) is 0 Å². The predicted molar refractivity (Wildman–Crippen MR) is 78.8 cm³/mol. The first kappa shape index (κ1) is 12.9. The Bertz CT molecular complexity index is 574. The standard InChI is InChI=1S/C15H14BrNO/c1-2-9-17-10-11-18-14-8-7-12-5-3-4-6-13(12)15(14)16/h1,3-8,17H,9-11H2. The summed E-state index contributed by atoms with van der Waals surface area (Å²) in [5, 5.41) is 5.44. The first-order valence-electron chi connectivity index (χ1n) is 5.77. The molecular weight excluding hydrogens is 290 g/mol. The van der Waals surface area contributed by atoms with E-state index in [1.54, 1.807) is 0 Å². The molecule has 0 amide bonds. The topological polar surface area (TPSA) is 21.3 Å². The number of fused-ring (bicyclic) bond motifs is 1. The van der Waals surface area contributed by atoms with Gasteiger partial charge in [0.2, 0.25) is 0 Å². The van der Waals surface area contributed by atoms with E-state index in [4.69, 9.17) is 11.2 Å². The van der Waals surface area contributed by atoms with Gasteiger partial charge < -0.3 is 10.1 Å². The van der Waals surface area contributed by atoms with Crippen LogP contribution in [0.5, 0.6) is 5.75 Å². The van der Waals surface area contributed by atoms with Crippen LogP contribution in [0.25, 0.3) is 10.8 Å². The molecule has 0 atom stereocenters. The quantitative estimate of drug-likeness (QED) is 0.676. The van der Waals surface area contributed by atoms with Gasteiger partial charge in [0, 0.05) is 6.54 Å². The van der Waals surface area contributed by atoms with Crippen LogP contribution in [-0.4, -0.2) is 19.7 Å². The summed E-state index contributed by atoms with van der Waals surface area (Å²) in [6, 6.07) is 12.2. The van der Waals surface area contributed by atoms with Gasteiger partial charge in [0.15, 0.2) is 0 Å². The molecular formula is C15H14BrNO. The molecule has 0 bridgehead atoms. The first-order valence-corrected chi connectivity index (χ1v) is 6.56. The Hall–Kier alpha value is -1.50. The van der Waals surface area contributed by atoms with Crippen LogP contribution >= 0.6 is 15.9 Å². The number of rotatable bonds is 5. The molecule has 3 heteroatoms. The monoisotopic (exact) mass is 303 g/mol. The van der Waals surface area contributed by atoms with E-state index >= 15 is 0 Å². The third-order valence-electron chi connectivity index (χ3n) is 2.59. The molecule has 2 nitrogen and oxygen atoms in total. The van der Waals surface area contributed by atoms with Crippen LogP contribution < -0.4 is 10.1 Å². The molecule has 0 aliphatic carbocycles. The Morgan fingerprint density at radius 2 is 2.06 bits per heavy atom. The molecule has 2 aromatic carbocycles. The van der Waals surface area contributed by atoms with E-state index in [-0.39, 0.29) is 0 Å². The fraction of sp³-hybridized carbons (Fsp3) is 0.200. The minimum Gasteiger partial charge on any atom is -0.491 e. The minimum atomic E-state index is 0.572. The second kappa shape index (κ2) is 6.44. The summed E-state index contributed by atoms with van der Waals surface area (Å²) in [5.41, 5.74) is 0. The van der Waals surface area contributed by atoms with Crippen molar-refractivity contribution < 1.29 is 4.74 Å². The normalized spacial score (nSPS) is 10.2. The lowest BCUT2D eigenvalue weighted by molar-refractivity contribution is 0.315. The van der Waals surface area contributed by atoms with E-state index in [0.717, 1.165) is 22.2 Å². The summed E-state index contributed by atoms with van der Waals surface area (Å²) in [5.74, 6) is 3.38. The average Bonchev–Trinajstić information content (AvgIpc) is 2.41. The Kier molecular flexibility index (Phi) is 4.63. The SMILES string of the molecule is C#CCNCCOc1ccc2ccccc2c1Br. The molecule has 0 spiro atoms. The van der Waals surface area contributed by atoms with Gasteiger partial charge in [0.1, 0.15) is 12.4 Å². The van der Waals surface area contributed by atoms with Gasteiger partial charge in [-0.15, -0.1) is 6.42 Å². The lowest BCUT2D eigenvalue weighted by Gasteiger charge is -2.10. The fourth-order valence-electron chi connectivity index (χ4n) is 1.72. The molecule has 2 aromatic rings. The molecule has 0 radical (unpaired) electrons. The van der Waals surface area contributed by atoms with Crippen LogP contribution in [-0.2, 0) is 0 Å². The van der Waals surface area contributed by atoms with Gasteiger partial charge in [-0.1, -0.05) is 36.3 Å². The summed E-state index contributed by atoms with van der Waals surface area (Å²) >= 11 is 3.59. The number of hydrogen-bond acceptors (Lipinski definition) is 2. The maximum Gasteiger partial charge on any atom is 0.134 e. The average molecular weight is 304 g/mol. The highest BCUT2D eigenvalue weighted by atomic mass is 79.9. The van der Waals surface area contributed by atoms with Crippen molar-refractivity contribution in [3.63, 3.8) is 0 Å². The second-order valence-electron chi connectivity index (χ2n) is 3.83. The Morgan fingerprint density at radius 3 is 2.89 bits per heavy atom. The molecule has 1 N–H and O–H groups in total. The van der Waals surface area contributed by atoms with E-state index in [2.05, 4.69) is 45.4 Å². The highest BCUT2D eigenvalue weighted by Gasteiger charge is 2.05. The van der Waals surface area contributed by atoms with E-state index in [9.17, 15) is 0 Å². The Morgan fingerprint density at radius 1 is 1.22 bits per heavy atom. The third kappa shape index (κ3) is 3.04. The van der Waals surface area contributed by atoms with Crippen LogP contribution in [0, 0.1) is 12.3 Å². The van der Waals surface area contributed by atoms with Crippen molar-refractivity contribution in [2.75, 3.05) is 19.7 Å². The van der Waals surface area contributed by atoms with Crippen molar-refractivity contribution in [3.8, 4) is 18.1 Å². The third-order valence-corrected chi connectivity index (χ3v) is 3.41. The molecule has 0 saturated carbocycles. The maximum absolute atomic E-state index is 5.71. The smallest absolute Gasteiger partial charge is 0.134 e. The van der Waals surface area contributed by atoms with Gasteiger partial charge in [-0.05, 0) is 32.8 Å². The lowest BCUT2D eigenvalue weighted by atomic mass is 10.1. The molecule has 2 rings (SSSR count). The van der Waals surface area contributed by atoms with E-state index < -0.39 is 0 Å². The zero-order valence-electron chi connectivity index (χ0n) is 9.95. The molecule has 0 unspecified atom stereocenters. The van der Waals surface area contributed by atoms with Crippen LogP contribution in [0.1, 0.15) is 0 Å². The number of terminal acetylenes is 1. The van der Waals surface area contributed by atoms with Crippen LogP contribution in [0.2, 0.25) is 0 Å². The molecule has 0 aliphatic rings. The number of ether oxygens (including phenoxy) is 1. The van der Waals surface area contributed by atoms with Gasteiger partial charge >= 0.3 is 0 Å². The Labute approximate surface area is 115 Å². The lowest BCUT2D eigenvalue weighted by Crippen LogP contribution is -2.21. The number of halogens is 1. The molecule has 0 aromatic heterocycles. The number of hydrogen-bond donors (Lipinski definition) is 1. The first-order chi connectivity index (χ1) is 8.83. The summed E-state index contributed by atoms with van der Waals surface area (Å²) in [4.78, 5) is 0. The maximum atomic E-state index is 5.71. The predicted octanol–water partition coefficient (Wildman–Crippen LogP) is 3.20. The largest absolute Gasteiger partial charge is 0.491 e. The summed E-state index contributed by atoms with van der Waals surface area (Å²) in [6.45, 7) is 1.91. The van der Waals surface area contributed by atoms with Crippen molar-refractivity contribution in [2.24, 2.45) is 0 Å². The van der Waals surface area contributed by atoms with Crippen molar-refractivity contribution in [2.45, 2.75) is 0 Å². The van der Waals surface area contributed by atoms with Gasteiger partial charge in [0.05, 0.1) is 11.0 Å². The number of benzene rings is 2. The molecule has 0 heterocycles. The van der Waals surface area contributed by atoms with E-state index in [1.807, 2.05) is 18.2 Å². The van der Waals surface area contributed by atoms with Gasteiger partial charge in [-0.3, -0.25) is 0 Å². The highest BCUT2D eigenvalue weighted by Crippen LogP contribution is 2.32. The van der Waals surface area contributed by atoms with Crippen LogP contribution in [0.4, 0.5) is 0 Å². The second-order valence-corrected chi connectivity index (χ2v) is 4.62. The minimum absolute atomic E-state index is 0.572. The Balaban J connectivity index is 2.05. The molecule has 0 fully saturated rings. The van der Waals surface area contributed by atoms with Crippen molar-refractivity contribution >= 4 is 26.7 Å². The van der Waals surface area contributed by atoms with E-state index in [0.29, 0.717) is 13.2 Å². The van der Waals surface area contributed by atoms with Gasteiger partial charge in [-0.2, -0.15) is 0 Å². The molecule has 18 heavy (non-hydrogen) atoms. The molecule has 0 aliphatic heterocycles. The van der Waals surface area contributed by atoms with Crippen molar-refractivity contribution in [3.05, 3.63) is 40.9 Å². The summed E-state index contributed by atoms with van der Waals surface area (Å²) in [7, 11) is 0. The zero-order valence-corrected chi connectivity index (χ0v) is 11.5. The zero-order chi connectivity index (χ0) is 12.8. The molecule has 0 saturated heterocycles. The summed E-state index contributed by atoms with van der Waals surface area (Å²) in [6.07, 6.45) is 5.15. The van der Waals surface area contributed by atoms with Crippen molar-refractivity contribution in [1.82, 2.24) is 5.32 Å². The number of nitrogens with one attached hydrogen (secondary N) is 1. The van der Waals surface area contributed by atoms with Crippen molar-refractivity contribution in [1.29, 1.82) is 0 Å². The van der Waals surface area contributed by atoms with Crippen LogP contribution in [0.3, 0.4) is 0 Å². The van der Waals surface area contributed by atoms with Crippen LogP contribution in [0.15, 0.2) is 40.9 Å². The fourth-order valence-corrected chi connectivity index (χ4v) is 2.33. The van der Waals surface area contributed by atoms with E-state index in [1.165, 1.54) is 5.39 Å². The van der Waals surface area contributed by atoms with Gasteiger partial charge in [-0.25, -0.2) is 0 Å².